The van der Waals surface area contributed by atoms with E-state index < -0.39 is 0 Å². The fraction of sp³-hybridized carbons (Fsp3) is 0.367. The smallest absolute Gasteiger partial charge is 0.0716 e. The van der Waals surface area contributed by atoms with Crippen molar-refractivity contribution in [1.82, 2.24) is 4.98 Å². The van der Waals surface area contributed by atoms with Crippen LogP contribution in [0.3, 0.4) is 0 Å². The van der Waals surface area contributed by atoms with Crippen molar-refractivity contribution in [3.05, 3.63) is 77.0 Å². The number of aromatic nitrogens is 1. The monoisotopic (exact) mass is 441 g/mol. The summed E-state index contributed by atoms with van der Waals surface area (Å²) < 4.78 is 1.30. The molecule has 0 atom stereocenters. The summed E-state index contributed by atoms with van der Waals surface area (Å²) in [5.74, 6) is 0.983. The molecule has 166 valence electrons. The first-order valence-electron chi connectivity index (χ1n) is 11.7. The maximum atomic E-state index is 4.87. The minimum Gasteiger partial charge on any atom is -0.256 e. The summed E-state index contributed by atoms with van der Waals surface area (Å²) in [5, 5.41) is 1.23. The molecule has 0 aliphatic rings. The normalized spacial score (nSPS) is 12.3. The number of fused-ring (bicyclic) bond motifs is 1. The lowest BCUT2D eigenvalue weighted by atomic mass is 9.85. The van der Waals surface area contributed by atoms with Crippen LogP contribution in [-0.4, -0.2) is 4.98 Å². The zero-order valence-electron chi connectivity index (χ0n) is 20.7. The van der Waals surface area contributed by atoms with E-state index in [9.17, 15) is 0 Å². The molecule has 0 saturated carbocycles. The van der Waals surface area contributed by atoms with Gasteiger partial charge in [0.05, 0.1) is 5.69 Å². The van der Waals surface area contributed by atoms with Crippen LogP contribution in [0.4, 0.5) is 0 Å². The van der Waals surface area contributed by atoms with Crippen LogP contribution < -0.4 is 0 Å². The highest BCUT2D eigenvalue weighted by molar-refractivity contribution is 7.22. The number of thiophene rings is 1. The number of nitrogens with zero attached hydrogens (tertiary/aromatic N) is 1. The van der Waals surface area contributed by atoms with E-state index in [0.29, 0.717) is 11.8 Å². The van der Waals surface area contributed by atoms with E-state index in [0.717, 1.165) is 5.69 Å². The third-order valence-electron chi connectivity index (χ3n) is 6.26. The molecule has 0 aliphatic carbocycles. The van der Waals surface area contributed by atoms with Crippen LogP contribution in [0.1, 0.15) is 82.6 Å². The van der Waals surface area contributed by atoms with Gasteiger partial charge in [-0.05, 0) is 70.7 Å². The van der Waals surface area contributed by atoms with Crippen LogP contribution in [0.15, 0.2) is 54.7 Å². The minimum absolute atomic E-state index is 0.120. The van der Waals surface area contributed by atoms with E-state index in [4.69, 9.17) is 4.98 Å². The summed E-state index contributed by atoms with van der Waals surface area (Å²) in [6, 6.07) is 18.3. The molecule has 32 heavy (non-hydrogen) atoms. The lowest BCUT2D eigenvalue weighted by Gasteiger charge is -2.20. The molecule has 2 aromatic heterocycles. The molecule has 0 fully saturated rings. The number of aryl methyl sites for hydroxylation is 1. The van der Waals surface area contributed by atoms with Crippen LogP contribution in [-0.2, 0) is 5.41 Å². The maximum absolute atomic E-state index is 4.87. The van der Waals surface area contributed by atoms with E-state index in [2.05, 4.69) is 110 Å². The van der Waals surface area contributed by atoms with Gasteiger partial charge in [0.2, 0.25) is 0 Å². The second kappa shape index (κ2) is 8.48. The molecule has 0 saturated heterocycles. The highest BCUT2D eigenvalue weighted by Gasteiger charge is 2.19. The number of rotatable bonds is 4. The first-order chi connectivity index (χ1) is 15.0. The molecule has 1 nitrogen and oxygen atoms in total. The molecule has 0 bridgehead atoms. The minimum atomic E-state index is 0.120. The van der Waals surface area contributed by atoms with Crippen LogP contribution in [0.25, 0.3) is 31.8 Å². The Balaban J connectivity index is 1.86. The Kier molecular flexibility index (Phi) is 6.02. The quantitative estimate of drug-likeness (QED) is 0.307. The molecule has 4 rings (SSSR count). The Hall–Kier alpha value is -2.45. The van der Waals surface area contributed by atoms with Gasteiger partial charge in [0.15, 0.2) is 0 Å². The number of pyridine rings is 1. The Morgan fingerprint density at radius 3 is 2.09 bits per heavy atom. The summed E-state index contributed by atoms with van der Waals surface area (Å²) in [7, 11) is 0. The van der Waals surface area contributed by atoms with Crippen molar-refractivity contribution in [3.63, 3.8) is 0 Å². The number of hydrogen-bond acceptors (Lipinski definition) is 2. The SMILES string of the molecule is Cc1cc(-c2cc3sc(-c4c(C(C)C)cccc4C(C)C)cc3cn2)cc(C(C)(C)C)c1. The average Bonchev–Trinajstić information content (AvgIpc) is 3.15. The first kappa shape index (κ1) is 22.7. The van der Waals surface area contributed by atoms with Gasteiger partial charge in [-0.2, -0.15) is 0 Å². The fourth-order valence-corrected chi connectivity index (χ4v) is 5.57. The molecular formula is C30H35NS. The van der Waals surface area contributed by atoms with E-state index in [1.165, 1.54) is 48.3 Å². The summed E-state index contributed by atoms with van der Waals surface area (Å²) in [4.78, 5) is 6.22. The Bertz CT molecular complexity index is 1240. The lowest BCUT2D eigenvalue weighted by molar-refractivity contribution is 0.590. The van der Waals surface area contributed by atoms with E-state index >= 15 is 0 Å². The fourth-order valence-electron chi connectivity index (χ4n) is 4.41. The van der Waals surface area contributed by atoms with Gasteiger partial charge in [0.25, 0.3) is 0 Å². The third-order valence-corrected chi connectivity index (χ3v) is 7.38. The zero-order valence-corrected chi connectivity index (χ0v) is 21.5. The maximum Gasteiger partial charge on any atom is 0.0716 e. The largest absolute Gasteiger partial charge is 0.256 e. The molecule has 2 aromatic carbocycles. The summed E-state index contributed by atoms with van der Waals surface area (Å²) in [6.45, 7) is 18.2. The standard InChI is InChI=1S/C30H35NS/c1-18(2)24-10-9-11-25(19(3)4)29(24)28-15-22-17-31-26(16-27(22)32-28)21-12-20(5)13-23(14-21)30(6,7)8/h9-19H,1-8H3. The number of hydrogen-bond donors (Lipinski definition) is 0. The van der Waals surface area contributed by atoms with Gasteiger partial charge in [0.1, 0.15) is 0 Å². The lowest BCUT2D eigenvalue weighted by Crippen LogP contribution is -2.11. The molecule has 0 N–H and O–H groups in total. The molecular weight excluding hydrogens is 406 g/mol. The molecule has 0 amide bonds. The summed E-state index contributed by atoms with van der Waals surface area (Å²) >= 11 is 1.90. The summed E-state index contributed by atoms with van der Waals surface area (Å²) in [6.07, 6.45) is 2.05. The molecule has 4 aromatic rings. The summed E-state index contributed by atoms with van der Waals surface area (Å²) in [5.41, 5.74) is 9.31. The molecule has 0 aliphatic heterocycles. The van der Waals surface area contributed by atoms with E-state index in [1.807, 2.05) is 11.3 Å². The highest BCUT2D eigenvalue weighted by Crippen LogP contribution is 2.42. The Morgan fingerprint density at radius 2 is 1.50 bits per heavy atom. The van der Waals surface area contributed by atoms with Crippen molar-refractivity contribution < 1.29 is 0 Å². The topological polar surface area (TPSA) is 12.9 Å². The predicted octanol–water partition coefficient (Wildman–Crippen LogP) is 9.48. The van der Waals surface area contributed by atoms with E-state index in [1.54, 1.807) is 0 Å². The van der Waals surface area contributed by atoms with Crippen molar-refractivity contribution in [1.29, 1.82) is 0 Å². The van der Waals surface area contributed by atoms with E-state index in [-0.39, 0.29) is 5.41 Å². The molecule has 0 unspecified atom stereocenters. The van der Waals surface area contributed by atoms with Crippen LogP contribution in [0.2, 0.25) is 0 Å². The Morgan fingerprint density at radius 1 is 0.844 bits per heavy atom. The molecule has 0 radical (unpaired) electrons. The van der Waals surface area contributed by atoms with Crippen LogP contribution in [0, 0.1) is 6.92 Å². The van der Waals surface area contributed by atoms with Gasteiger partial charge >= 0.3 is 0 Å². The third kappa shape index (κ3) is 4.38. The second-order valence-corrected chi connectivity index (χ2v) is 11.8. The van der Waals surface area contributed by atoms with Gasteiger partial charge in [-0.15, -0.1) is 11.3 Å². The number of benzene rings is 2. The van der Waals surface area contributed by atoms with Crippen LogP contribution >= 0.6 is 11.3 Å². The first-order valence-corrected chi connectivity index (χ1v) is 12.5. The predicted molar refractivity (Wildman–Crippen MR) is 142 cm³/mol. The van der Waals surface area contributed by atoms with Crippen molar-refractivity contribution in [2.75, 3.05) is 0 Å². The van der Waals surface area contributed by atoms with Crippen LogP contribution in [0.5, 0.6) is 0 Å². The second-order valence-electron chi connectivity index (χ2n) is 10.7. The van der Waals surface area contributed by atoms with Gasteiger partial charge < -0.3 is 0 Å². The van der Waals surface area contributed by atoms with Gasteiger partial charge in [-0.3, -0.25) is 4.98 Å². The van der Waals surface area contributed by atoms with Gasteiger partial charge in [-0.1, -0.05) is 78.3 Å². The van der Waals surface area contributed by atoms with Crippen molar-refractivity contribution >= 4 is 21.4 Å². The van der Waals surface area contributed by atoms with Gasteiger partial charge in [-0.25, -0.2) is 0 Å². The highest BCUT2D eigenvalue weighted by atomic mass is 32.1. The molecule has 2 heteroatoms. The Labute approximate surface area is 197 Å². The molecule has 2 heterocycles. The van der Waals surface area contributed by atoms with Crippen molar-refractivity contribution in [2.45, 2.75) is 72.6 Å². The van der Waals surface area contributed by atoms with Crippen molar-refractivity contribution in [3.8, 4) is 21.7 Å². The molecule has 0 spiro atoms. The van der Waals surface area contributed by atoms with Gasteiger partial charge in [0, 0.05) is 26.7 Å². The average molecular weight is 442 g/mol. The van der Waals surface area contributed by atoms with Crippen molar-refractivity contribution in [2.24, 2.45) is 0 Å². The zero-order chi connectivity index (χ0) is 23.2.